The Bertz CT molecular complexity index is 1080. The molecule has 3 aromatic rings. The van der Waals surface area contributed by atoms with E-state index in [1.807, 2.05) is 105 Å². The van der Waals surface area contributed by atoms with Crippen LogP contribution in [-0.2, 0) is 57.1 Å². The van der Waals surface area contributed by atoms with Crippen LogP contribution in [0.3, 0.4) is 0 Å². The molecule has 1 heterocycles. The second-order valence-corrected chi connectivity index (χ2v) is 10.6. The van der Waals surface area contributed by atoms with Crippen LogP contribution in [0, 0.1) is 0 Å². The van der Waals surface area contributed by atoms with Crippen LogP contribution in [0.4, 0.5) is 0 Å². The summed E-state index contributed by atoms with van der Waals surface area (Å²) in [5.41, 5.74) is 3.12. The lowest BCUT2D eigenvalue weighted by Gasteiger charge is -2.45. The average molecular weight is 585 g/mol. The van der Waals surface area contributed by atoms with Crippen molar-refractivity contribution in [1.29, 1.82) is 0 Å². The molecule has 9 heteroatoms. The minimum absolute atomic E-state index is 0.168. The van der Waals surface area contributed by atoms with Gasteiger partial charge in [-0.3, -0.25) is 0 Å². The minimum atomic E-state index is -1.53. The van der Waals surface area contributed by atoms with Gasteiger partial charge in [-0.15, -0.1) is 0 Å². The van der Waals surface area contributed by atoms with Gasteiger partial charge in [0.25, 0.3) is 0 Å². The molecule has 8 nitrogen and oxygen atoms in total. The minimum Gasteiger partial charge on any atom is -0.368 e. The second kappa shape index (κ2) is 17.7. The Morgan fingerprint density at radius 1 is 0.585 bits per heavy atom. The first-order chi connectivity index (χ1) is 20.2. The first-order valence-corrected chi connectivity index (χ1v) is 15.1. The van der Waals surface area contributed by atoms with E-state index in [-0.39, 0.29) is 6.61 Å². The van der Waals surface area contributed by atoms with E-state index in [1.54, 1.807) is 7.11 Å². The van der Waals surface area contributed by atoms with Crippen molar-refractivity contribution in [1.82, 2.24) is 0 Å². The predicted molar refractivity (Wildman–Crippen MR) is 157 cm³/mol. The molecule has 0 amide bonds. The van der Waals surface area contributed by atoms with Crippen molar-refractivity contribution in [3.8, 4) is 0 Å². The van der Waals surface area contributed by atoms with Crippen LogP contribution in [0.25, 0.3) is 0 Å². The third-order valence-electron chi connectivity index (χ3n) is 6.49. The molecule has 1 aliphatic heterocycles. The number of rotatable bonds is 17. The van der Waals surface area contributed by atoms with Crippen molar-refractivity contribution in [2.75, 3.05) is 26.9 Å². The molecule has 0 saturated carbocycles. The molecule has 3 aromatic carbocycles. The largest absolute Gasteiger partial charge is 0.368 e. The van der Waals surface area contributed by atoms with E-state index in [2.05, 4.69) is 0 Å². The number of hydrogen-bond acceptors (Lipinski definition) is 8. The lowest BCUT2D eigenvalue weighted by Crippen LogP contribution is -2.61. The first kappa shape index (κ1) is 31.7. The summed E-state index contributed by atoms with van der Waals surface area (Å²) in [6.45, 7) is 6.04. The summed E-state index contributed by atoms with van der Waals surface area (Å²) in [4.78, 5) is 0. The Morgan fingerprint density at radius 3 is 1.46 bits per heavy atom. The van der Waals surface area contributed by atoms with Crippen molar-refractivity contribution in [3.63, 3.8) is 0 Å². The molecule has 0 aromatic heterocycles. The topological polar surface area (TPSA) is 73.8 Å². The van der Waals surface area contributed by atoms with Gasteiger partial charge < -0.3 is 37.3 Å². The molecule has 0 spiro atoms. The van der Waals surface area contributed by atoms with Gasteiger partial charge in [-0.25, -0.2) is 0 Å². The Labute approximate surface area is 244 Å². The molecule has 222 valence electrons. The SMILES string of the molecule is CCOP(OCC)OC[C@H]1O[C@H](OC)[C@H](OCc2ccccc2)[C@@H](OCc2ccccc2)[C@@H]1OCc1ccccc1. The molecule has 1 aliphatic rings. The van der Waals surface area contributed by atoms with Gasteiger partial charge in [0.15, 0.2) is 6.29 Å². The van der Waals surface area contributed by atoms with E-state index in [4.69, 9.17) is 37.3 Å². The Kier molecular flexibility index (Phi) is 13.7. The molecule has 0 radical (unpaired) electrons. The molecule has 1 fully saturated rings. The fourth-order valence-electron chi connectivity index (χ4n) is 4.53. The maximum atomic E-state index is 6.61. The summed E-state index contributed by atoms with van der Waals surface area (Å²) in [6, 6.07) is 30.1. The molecule has 41 heavy (non-hydrogen) atoms. The first-order valence-electron chi connectivity index (χ1n) is 14.1. The molecule has 1 saturated heterocycles. The van der Waals surface area contributed by atoms with E-state index in [0.717, 1.165) is 16.7 Å². The zero-order valence-corrected chi connectivity index (χ0v) is 24.9. The highest BCUT2D eigenvalue weighted by atomic mass is 31.2. The molecule has 0 bridgehead atoms. The standard InChI is InChI=1S/C32H41O8P/c1-4-37-41(38-5-2)39-24-28-29(34-21-25-15-9-6-10-16-25)30(35-22-26-17-11-7-12-18-26)31(32(33-3)40-28)36-23-27-19-13-8-14-20-27/h6-20,28-32H,4-5,21-24H2,1-3H3/t28-,29-,30+,31-,32+/m1/s1. The molecule has 0 N–H and O–H groups in total. The highest BCUT2D eigenvalue weighted by Gasteiger charge is 2.49. The van der Waals surface area contributed by atoms with Crippen LogP contribution in [0.5, 0.6) is 0 Å². The molecular weight excluding hydrogens is 543 g/mol. The quantitative estimate of drug-likeness (QED) is 0.168. The zero-order chi connectivity index (χ0) is 28.7. The van der Waals surface area contributed by atoms with Gasteiger partial charge in [0, 0.05) is 7.11 Å². The summed E-state index contributed by atoms with van der Waals surface area (Å²) in [7, 11) is 0.0741. The van der Waals surface area contributed by atoms with Crippen LogP contribution in [0.2, 0.25) is 0 Å². The van der Waals surface area contributed by atoms with Gasteiger partial charge in [0.05, 0.1) is 39.6 Å². The van der Waals surface area contributed by atoms with Crippen molar-refractivity contribution in [3.05, 3.63) is 108 Å². The van der Waals surface area contributed by atoms with Crippen LogP contribution >= 0.6 is 8.60 Å². The maximum Gasteiger partial charge on any atom is 0.332 e. The van der Waals surface area contributed by atoms with Gasteiger partial charge in [-0.1, -0.05) is 91.0 Å². The number of benzene rings is 3. The predicted octanol–water partition coefficient (Wildman–Crippen LogP) is 6.43. The van der Waals surface area contributed by atoms with E-state index in [0.29, 0.717) is 33.0 Å². The second-order valence-electron chi connectivity index (χ2n) is 9.42. The van der Waals surface area contributed by atoms with Gasteiger partial charge >= 0.3 is 8.60 Å². The van der Waals surface area contributed by atoms with Gasteiger partial charge in [0.2, 0.25) is 0 Å². The molecular formula is C32H41O8P. The van der Waals surface area contributed by atoms with Crippen molar-refractivity contribution in [2.24, 2.45) is 0 Å². The van der Waals surface area contributed by atoms with E-state index in [9.17, 15) is 0 Å². The average Bonchev–Trinajstić information content (AvgIpc) is 3.02. The van der Waals surface area contributed by atoms with Gasteiger partial charge in [-0.05, 0) is 30.5 Å². The van der Waals surface area contributed by atoms with Crippen LogP contribution < -0.4 is 0 Å². The third kappa shape index (κ3) is 9.93. The Hall–Kier alpha value is -2.23. The van der Waals surface area contributed by atoms with E-state index in [1.165, 1.54) is 0 Å². The van der Waals surface area contributed by atoms with Gasteiger partial charge in [-0.2, -0.15) is 0 Å². The summed E-state index contributed by atoms with van der Waals surface area (Å²) in [6.07, 6.45) is -2.88. The highest BCUT2D eigenvalue weighted by molar-refractivity contribution is 7.41. The van der Waals surface area contributed by atoms with Crippen LogP contribution in [-0.4, -0.2) is 57.6 Å². The summed E-state index contributed by atoms with van der Waals surface area (Å²) < 4.78 is 49.3. The lowest BCUT2D eigenvalue weighted by molar-refractivity contribution is -0.320. The molecule has 0 unspecified atom stereocenters. The lowest BCUT2D eigenvalue weighted by atomic mass is 9.98. The van der Waals surface area contributed by atoms with Crippen molar-refractivity contribution >= 4 is 8.60 Å². The van der Waals surface area contributed by atoms with E-state index >= 15 is 0 Å². The molecule has 5 atom stereocenters. The number of methoxy groups -OCH3 is 1. The molecule has 4 rings (SSSR count). The summed E-state index contributed by atoms with van der Waals surface area (Å²) >= 11 is 0. The van der Waals surface area contributed by atoms with Crippen molar-refractivity contribution in [2.45, 2.75) is 64.4 Å². The Morgan fingerprint density at radius 2 is 1.02 bits per heavy atom. The third-order valence-corrected chi connectivity index (χ3v) is 7.79. The monoisotopic (exact) mass is 584 g/mol. The zero-order valence-electron chi connectivity index (χ0n) is 24.0. The van der Waals surface area contributed by atoms with Gasteiger partial charge in [0.1, 0.15) is 24.4 Å². The number of hydrogen-bond donors (Lipinski definition) is 0. The fraction of sp³-hybridized carbons (Fsp3) is 0.438. The van der Waals surface area contributed by atoms with Crippen LogP contribution in [0.15, 0.2) is 91.0 Å². The molecule has 0 aliphatic carbocycles. The fourth-order valence-corrected chi connectivity index (χ4v) is 5.44. The summed E-state index contributed by atoms with van der Waals surface area (Å²) in [5, 5.41) is 0. The Balaban J connectivity index is 1.60. The van der Waals surface area contributed by atoms with E-state index < -0.39 is 39.3 Å². The number of ether oxygens (including phenoxy) is 5. The normalized spacial score (nSPS) is 22.7. The highest BCUT2D eigenvalue weighted by Crippen LogP contribution is 2.41. The van der Waals surface area contributed by atoms with Crippen molar-refractivity contribution < 1.29 is 37.3 Å². The smallest absolute Gasteiger partial charge is 0.332 e. The maximum absolute atomic E-state index is 6.61. The van der Waals surface area contributed by atoms with Crippen LogP contribution in [0.1, 0.15) is 30.5 Å². The summed E-state index contributed by atoms with van der Waals surface area (Å²) in [5.74, 6) is 0.